The molecule has 1 aromatic carbocycles. The van der Waals surface area contributed by atoms with Crippen LogP contribution in [0.3, 0.4) is 0 Å². The molecule has 0 atom stereocenters. The summed E-state index contributed by atoms with van der Waals surface area (Å²) in [4.78, 5) is 11.0. The maximum absolute atomic E-state index is 11.0. The van der Waals surface area contributed by atoms with Gasteiger partial charge in [0.2, 0.25) is 5.91 Å². The van der Waals surface area contributed by atoms with Gasteiger partial charge in [-0.2, -0.15) is 0 Å². The molecule has 0 aromatic heterocycles. The molecule has 0 aliphatic rings. The maximum Gasteiger partial charge on any atom is 0.248 e. The molecule has 1 rings (SSSR count). The van der Waals surface area contributed by atoms with Gasteiger partial charge in [0.25, 0.3) is 0 Å². The third kappa shape index (κ3) is 5.14. The van der Waals surface area contributed by atoms with E-state index in [9.17, 15) is 4.79 Å². The first-order valence-electron chi connectivity index (χ1n) is 4.81. The van der Waals surface area contributed by atoms with Crippen LogP contribution in [-0.4, -0.2) is 5.91 Å². The van der Waals surface area contributed by atoms with Crippen LogP contribution in [0.25, 0.3) is 0 Å². The molecule has 0 aliphatic carbocycles. The average Bonchev–Trinajstić information content (AvgIpc) is 2.22. The van der Waals surface area contributed by atoms with Crippen LogP contribution in [0, 0.1) is 0 Å². The molecule has 0 spiro atoms. The highest BCUT2D eigenvalue weighted by Gasteiger charge is 1.93. The second-order valence-corrected chi connectivity index (χ2v) is 2.36. The van der Waals surface area contributed by atoms with Crippen molar-refractivity contribution in [2.75, 3.05) is 5.32 Å². The van der Waals surface area contributed by atoms with Crippen molar-refractivity contribution in [3.8, 4) is 0 Å². The largest absolute Gasteiger partial charge is 0.323 e. The zero-order valence-electron chi connectivity index (χ0n) is 8.95. The first kappa shape index (κ1) is 12.4. The van der Waals surface area contributed by atoms with Gasteiger partial charge in [-0.25, -0.2) is 0 Å². The van der Waals surface area contributed by atoms with Gasteiger partial charge in [-0.1, -0.05) is 38.1 Å². The summed E-state index contributed by atoms with van der Waals surface area (Å²) in [6, 6.07) is 9.37. The van der Waals surface area contributed by atoms with Crippen molar-refractivity contribution >= 4 is 11.6 Å². The molecule has 0 saturated carbocycles. The fourth-order valence-corrected chi connectivity index (χ4v) is 0.857. The Morgan fingerprint density at radius 1 is 1.21 bits per heavy atom. The molecular weight excluding hydrogens is 174 g/mol. The smallest absolute Gasteiger partial charge is 0.248 e. The summed E-state index contributed by atoms with van der Waals surface area (Å²) in [7, 11) is 0. The number of carbonyl (C=O) groups is 1. The molecule has 2 heteroatoms. The van der Waals surface area contributed by atoms with Crippen LogP contribution in [0.1, 0.15) is 20.8 Å². The maximum atomic E-state index is 11.0. The van der Waals surface area contributed by atoms with Crippen molar-refractivity contribution in [2.24, 2.45) is 0 Å². The number of carbonyl (C=O) groups excluding carboxylic acids is 1. The highest BCUT2D eigenvalue weighted by Crippen LogP contribution is 2.04. The predicted molar refractivity (Wildman–Crippen MR) is 61.2 cm³/mol. The Morgan fingerprint density at radius 2 is 1.79 bits per heavy atom. The topological polar surface area (TPSA) is 29.1 Å². The van der Waals surface area contributed by atoms with Gasteiger partial charge in [0.1, 0.15) is 0 Å². The summed E-state index contributed by atoms with van der Waals surface area (Å²) in [5, 5.41) is 2.72. The Kier molecular flexibility index (Phi) is 7.15. The molecule has 0 unspecified atom stereocenters. The number of para-hydroxylation sites is 1. The van der Waals surface area contributed by atoms with Crippen LogP contribution in [0.5, 0.6) is 0 Å². The zero-order valence-corrected chi connectivity index (χ0v) is 8.95. The number of benzene rings is 1. The summed E-state index contributed by atoms with van der Waals surface area (Å²) in [5.41, 5.74) is 0.820. The van der Waals surface area contributed by atoms with E-state index in [1.807, 2.05) is 51.1 Å². The number of rotatable bonds is 2. The standard InChI is InChI=1S/C10H11NO.C2H6/c1-2-6-10(12)11-9-7-4-3-5-8-9;1-2/h2-8H,1H3,(H,11,12);1-2H3/b6-2+;. The van der Waals surface area contributed by atoms with Crippen molar-refractivity contribution in [2.45, 2.75) is 20.8 Å². The summed E-state index contributed by atoms with van der Waals surface area (Å²) >= 11 is 0. The van der Waals surface area contributed by atoms with Gasteiger partial charge in [0, 0.05) is 5.69 Å². The minimum Gasteiger partial charge on any atom is -0.323 e. The van der Waals surface area contributed by atoms with Crippen LogP contribution >= 0.6 is 0 Å². The average molecular weight is 191 g/mol. The minimum absolute atomic E-state index is 0.0938. The Hall–Kier alpha value is -1.57. The van der Waals surface area contributed by atoms with Crippen molar-refractivity contribution in [3.05, 3.63) is 42.5 Å². The van der Waals surface area contributed by atoms with E-state index in [1.165, 1.54) is 6.08 Å². The number of anilines is 1. The third-order valence-corrected chi connectivity index (χ3v) is 1.36. The number of allylic oxidation sites excluding steroid dienone is 1. The fraction of sp³-hybridized carbons (Fsp3) is 0.250. The molecule has 0 aliphatic heterocycles. The minimum atomic E-state index is -0.0938. The molecular formula is C12H17NO. The first-order valence-corrected chi connectivity index (χ1v) is 4.81. The van der Waals surface area contributed by atoms with Crippen molar-refractivity contribution in [1.82, 2.24) is 0 Å². The van der Waals surface area contributed by atoms with Crippen LogP contribution in [-0.2, 0) is 4.79 Å². The van der Waals surface area contributed by atoms with Crippen LogP contribution < -0.4 is 5.32 Å². The number of hydrogen-bond acceptors (Lipinski definition) is 1. The Labute approximate surface area is 85.6 Å². The molecule has 0 radical (unpaired) electrons. The van der Waals surface area contributed by atoms with E-state index in [0.29, 0.717) is 0 Å². The molecule has 1 N–H and O–H groups in total. The highest BCUT2D eigenvalue weighted by molar-refractivity contribution is 5.99. The SMILES string of the molecule is C/C=C/C(=O)Nc1ccccc1.CC. The van der Waals surface area contributed by atoms with E-state index in [4.69, 9.17) is 0 Å². The van der Waals surface area contributed by atoms with Gasteiger partial charge in [0.05, 0.1) is 0 Å². The van der Waals surface area contributed by atoms with Gasteiger partial charge >= 0.3 is 0 Å². The van der Waals surface area contributed by atoms with Crippen molar-refractivity contribution in [1.29, 1.82) is 0 Å². The number of nitrogens with one attached hydrogen (secondary N) is 1. The van der Waals surface area contributed by atoms with Gasteiger partial charge in [-0.3, -0.25) is 4.79 Å². The molecule has 1 aromatic rings. The lowest BCUT2D eigenvalue weighted by atomic mass is 10.3. The monoisotopic (exact) mass is 191 g/mol. The fourth-order valence-electron chi connectivity index (χ4n) is 0.857. The third-order valence-electron chi connectivity index (χ3n) is 1.36. The Morgan fingerprint density at radius 3 is 2.29 bits per heavy atom. The Balaban J connectivity index is 0.000000791. The van der Waals surface area contributed by atoms with Gasteiger partial charge in [-0.05, 0) is 25.1 Å². The molecule has 0 saturated heterocycles. The zero-order chi connectivity index (χ0) is 10.8. The lowest BCUT2D eigenvalue weighted by Crippen LogP contribution is -2.06. The van der Waals surface area contributed by atoms with E-state index >= 15 is 0 Å². The molecule has 0 heterocycles. The summed E-state index contributed by atoms with van der Waals surface area (Å²) in [5.74, 6) is -0.0938. The van der Waals surface area contributed by atoms with Crippen LogP contribution in [0.15, 0.2) is 42.5 Å². The van der Waals surface area contributed by atoms with Gasteiger partial charge in [-0.15, -0.1) is 0 Å². The summed E-state index contributed by atoms with van der Waals surface area (Å²) < 4.78 is 0. The van der Waals surface area contributed by atoms with E-state index in [2.05, 4.69) is 5.32 Å². The number of amides is 1. The Bertz CT molecular complexity index is 278. The molecule has 14 heavy (non-hydrogen) atoms. The van der Waals surface area contributed by atoms with Crippen molar-refractivity contribution < 1.29 is 4.79 Å². The summed E-state index contributed by atoms with van der Waals surface area (Å²) in [6.45, 7) is 5.81. The van der Waals surface area contributed by atoms with E-state index in [-0.39, 0.29) is 5.91 Å². The van der Waals surface area contributed by atoms with Crippen molar-refractivity contribution in [3.63, 3.8) is 0 Å². The predicted octanol–water partition coefficient (Wildman–Crippen LogP) is 3.23. The first-order chi connectivity index (χ1) is 6.83. The van der Waals surface area contributed by atoms with Gasteiger partial charge < -0.3 is 5.32 Å². The number of hydrogen-bond donors (Lipinski definition) is 1. The van der Waals surface area contributed by atoms with E-state index < -0.39 is 0 Å². The molecule has 1 amide bonds. The quantitative estimate of drug-likeness (QED) is 0.714. The molecule has 0 fully saturated rings. The van der Waals surface area contributed by atoms with Crippen LogP contribution in [0.4, 0.5) is 5.69 Å². The normalized spacial score (nSPS) is 9.07. The molecule has 0 bridgehead atoms. The molecule has 76 valence electrons. The second kappa shape index (κ2) is 8.05. The second-order valence-electron chi connectivity index (χ2n) is 2.36. The van der Waals surface area contributed by atoms with E-state index in [0.717, 1.165) is 5.69 Å². The highest BCUT2D eigenvalue weighted by atomic mass is 16.1. The van der Waals surface area contributed by atoms with Crippen LogP contribution in [0.2, 0.25) is 0 Å². The summed E-state index contributed by atoms with van der Waals surface area (Å²) in [6.07, 6.45) is 3.20. The lowest BCUT2D eigenvalue weighted by molar-refractivity contribution is -0.111. The van der Waals surface area contributed by atoms with Gasteiger partial charge in [0.15, 0.2) is 0 Å². The molecule has 2 nitrogen and oxygen atoms in total. The van der Waals surface area contributed by atoms with E-state index in [1.54, 1.807) is 6.08 Å². The lowest BCUT2D eigenvalue weighted by Gasteiger charge is -1.99.